The molecule has 14 heavy (non-hydrogen) atoms. The maximum atomic E-state index is 11.4. The third-order valence-electron chi connectivity index (χ3n) is 1.80. The fourth-order valence-electron chi connectivity index (χ4n) is 1.06. The highest BCUT2D eigenvalue weighted by molar-refractivity contribution is 5.82. The zero-order valence-corrected chi connectivity index (χ0v) is 9.00. The van der Waals surface area contributed by atoms with E-state index < -0.39 is 6.09 Å². The lowest BCUT2D eigenvalue weighted by atomic mass is 10.4. The van der Waals surface area contributed by atoms with Crippen LogP contribution in [0.3, 0.4) is 0 Å². The van der Waals surface area contributed by atoms with Gasteiger partial charge < -0.3 is 15.0 Å². The Morgan fingerprint density at radius 1 is 1.36 bits per heavy atom. The van der Waals surface area contributed by atoms with Crippen molar-refractivity contribution in [1.82, 2.24) is 10.2 Å². The summed E-state index contributed by atoms with van der Waals surface area (Å²) < 4.78 is 4.35. The van der Waals surface area contributed by atoms with Crippen molar-refractivity contribution >= 4 is 12.0 Å². The van der Waals surface area contributed by atoms with Crippen molar-refractivity contribution in [2.24, 2.45) is 0 Å². The number of nitrogens with zero attached hydrogens (tertiary/aromatic N) is 1. The van der Waals surface area contributed by atoms with E-state index >= 15 is 0 Å². The summed E-state index contributed by atoms with van der Waals surface area (Å²) in [5.74, 6) is -0.0836. The molecule has 0 aromatic heterocycles. The van der Waals surface area contributed by atoms with Crippen molar-refractivity contribution < 1.29 is 14.3 Å². The highest BCUT2D eigenvalue weighted by Gasteiger charge is 2.11. The van der Waals surface area contributed by atoms with Gasteiger partial charge in [-0.2, -0.15) is 0 Å². The second-order valence-corrected chi connectivity index (χ2v) is 2.82. The van der Waals surface area contributed by atoms with Crippen LogP contribution < -0.4 is 5.32 Å². The summed E-state index contributed by atoms with van der Waals surface area (Å²) in [6.07, 6.45) is 0.337. The summed E-state index contributed by atoms with van der Waals surface area (Å²) in [5, 5.41) is 2.35. The first kappa shape index (κ1) is 12.7. The number of amides is 2. The van der Waals surface area contributed by atoms with Crippen LogP contribution in [0, 0.1) is 0 Å². The first-order valence-corrected chi connectivity index (χ1v) is 4.75. The van der Waals surface area contributed by atoms with Crippen LogP contribution in [0.1, 0.15) is 20.3 Å². The van der Waals surface area contributed by atoms with Gasteiger partial charge in [-0.15, -0.1) is 0 Å². The number of hydrogen-bond acceptors (Lipinski definition) is 3. The van der Waals surface area contributed by atoms with Gasteiger partial charge in [-0.05, 0) is 13.3 Å². The molecule has 0 aliphatic carbocycles. The van der Waals surface area contributed by atoms with Crippen molar-refractivity contribution in [3.8, 4) is 0 Å². The van der Waals surface area contributed by atoms with Crippen molar-refractivity contribution in [1.29, 1.82) is 0 Å². The normalized spacial score (nSPS) is 9.36. The van der Waals surface area contributed by atoms with Gasteiger partial charge in [0, 0.05) is 13.1 Å². The minimum atomic E-state index is -0.578. The molecule has 0 unspecified atom stereocenters. The molecule has 0 spiro atoms. The lowest BCUT2D eigenvalue weighted by Gasteiger charge is -2.19. The van der Waals surface area contributed by atoms with E-state index in [0.29, 0.717) is 6.54 Å². The number of nitrogens with one attached hydrogen (secondary N) is 1. The van der Waals surface area contributed by atoms with E-state index in [-0.39, 0.29) is 12.5 Å². The van der Waals surface area contributed by atoms with E-state index in [4.69, 9.17) is 0 Å². The van der Waals surface area contributed by atoms with E-state index in [1.165, 1.54) is 7.11 Å². The van der Waals surface area contributed by atoms with Gasteiger partial charge >= 0.3 is 6.09 Å². The van der Waals surface area contributed by atoms with Crippen molar-refractivity contribution in [3.05, 3.63) is 0 Å². The molecule has 0 saturated carbocycles. The fraction of sp³-hybridized carbons (Fsp3) is 0.778. The maximum Gasteiger partial charge on any atom is 0.407 e. The molecule has 0 aromatic carbocycles. The maximum absolute atomic E-state index is 11.4. The van der Waals surface area contributed by atoms with Gasteiger partial charge in [0.15, 0.2) is 0 Å². The zero-order valence-electron chi connectivity index (χ0n) is 9.00. The number of likely N-dealkylation sites (N-methyl/N-ethyl adjacent to an activating group) is 1. The standard InChI is InChI=1S/C9H18N2O3/c1-4-6-11(5-2)8(12)7-10-9(13)14-3/h4-7H2,1-3H3,(H,10,13). The Morgan fingerprint density at radius 2 is 2.00 bits per heavy atom. The molecule has 1 N–H and O–H groups in total. The van der Waals surface area contributed by atoms with Crippen LogP contribution in [0.25, 0.3) is 0 Å². The van der Waals surface area contributed by atoms with Gasteiger partial charge in [-0.25, -0.2) is 4.79 Å². The second kappa shape index (κ2) is 7.17. The first-order valence-electron chi connectivity index (χ1n) is 4.75. The number of carbonyl (C=O) groups is 2. The number of hydrogen-bond donors (Lipinski definition) is 1. The molecule has 0 saturated heterocycles. The van der Waals surface area contributed by atoms with Crippen molar-refractivity contribution in [2.45, 2.75) is 20.3 Å². The molecule has 0 aromatic rings. The summed E-state index contributed by atoms with van der Waals surface area (Å²) in [6, 6.07) is 0. The molecular weight excluding hydrogens is 184 g/mol. The number of alkyl carbamates (subject to hydrolysis) is 1. The Morgan fingerprint density at radius 3 is 2.43 bits per heavy atom. The summed E-state index contributed by atoms with van der Waals surface area (Å²) in [6.45, 7) is 5.30. The van der Waals surface area contributed by atoms with E-state index in [0.717, 1.165) is 13.0 Å². The molecule has 0 radical (unpaired) electrons. The molecule has 0 fully saturated rings. The molecule has 0 aliphatic rings. The predicted molar refractivity (Wildman–Crippen MR) is 53.0 cm³/mol. The Kier molecular flexibility index (Phi) is 6.53. The van der Waals surface area contributed by atoms with Crippen LogP contribution in [-0.4, -0.2) is 43.6 Å². The highest BCUT2D eigenvalue weighted by atomic mass is 16.5. The lowest BCUT2D eigenvalue weighted by Crippen LogP contribution is -2.40. The molecule has 0 rings (SSSR count). The summed E-state index contributed by atoms with van der Waals surface area (Å²) in [7, 11) is 1.27. The number of methoxy groups -OCH3 is 1. The third-order valence-corrected chi connectivity index (χ3v) is 1.80. The van der Waals surface area contributed by atoms with Crippen LogP contribution in [0.2, 0.25) is 0 Å². The van der Waals surface area contributed by atoms with Crippen molar-refractivity contribution in [3.63, 3.8) is 0 Å². The Balaban J connectivity index is 3.86. The van der Waals surface area contributed by atoms with Gasteiger partial charge in [0.25, 0.3) is 0 Å². The predicted octanol–water partition coefficient (Wildman–Crippen LogP) is 0.601. The van der Waals surface area contributed by atoms with E-state index in [9.17, 15) is 9.59 Å². The van der Waals surface area contributed by atoms with Gasteiger partial charge in [-0.1, -0.05) is 6.92 Å². The molecular formula is C9H18N2O3. The molecule has 5 nitrogen and oxygen atoms in total. The lowest BCUT2D eigenvalue weighted by molar-refractivity contribution is -0.130. The quantitative estimate of drug-likeness (QED) is 0.710. The molecule has 2 amide bonds. The Labute approximate surface area is 84.4 Å². The Bertz CT molecular complexity index is 194. The van der Waals surface area contributed by atoms with E-state index in [1.54, 1.807) is 4.90 Å². The van der Waals surface area contributed by atoms with Gasteiger partial charge in [0.1, 0.15) is 6.54 Å². The summed E-state index contributed by atoms with van der Waals surface area (Å²) in [4.78, 5) is 23.8. The highest BCUT2D eigenvalue weighted by Crippen LogP contribution is 1.91. The molecule has 0 heterocycles. The van der Waals surface area contributed by atoms with Crippen molar-refractivity contribution in [2.75, 3.05) is 26.7 Å². The zero-order chi connectivity index (χ0) is 11.0. The second-order valence-electron chi connectivity index (χ2n) is 2.82. The summed E-state index contributed by atoms with van der Waals surface area (Å²) >= 11 is 0. The third kappa shape index (κ3) is 4.69. The average molecular weight is 202 g/mol. The monoisotopic (exact) mass is 202 g/mol. The topological polar surface area (TPSA) is 58.6 Å². The van der Waals surface area contributed by atoms with Crippen LogP contribution in [-0.2, 0) is 9.53 Å². The largest absolute Gasteiger partial charge is 0.453 e. The SMILES string of the molecule is CCCN(CC)C(=O)CNC(=O)OC. The van der Waals surface area contributed by atoms with Crippen LogP contribution in [0.5, 0.6) is 0 Å². The smallest absolute Gasteiger partial charge is 0.407 e. The average Bonchev–Trinajstić information content (AvgIpc) is 2.21. The molecule has 0 bridgehead atoms. The minimum absolute atomic E-state index is 0.000509. The molecule has 0 atom stereocenters. The Hall–Kier alpha value is -1.26. The van der Waals surface area contributed by atoms with Gasteiger partial charge in [0.05, 0.1) is 7.11 Å². The first-order chi connectivity index (χ1) is 6.65. The van der Waals surface area contributed by atoms with Crippen LogP contribution >= 0.6 is 0 Å². The van der Waals surface area contributed by atoms with Gasteiger partial charge in [-0.3, -0.25) is 4.79 Å². The van der Waals surface area contributed by atoms with Crippen LogP contribution in [0.4, 0.5) is 4.79 Å². The number of carbonyl (C=O) groups excluding carboxylic acids is 2. The minimum Gasteiger partial charge on any atom is -0.453 e. The number of rotatable bonds is 5. The molecule has 5 heteroatoms. The summed E-state index contributed by atoms with van der Waals surface area (Å²) in [5.41, 5.74) is 0. The van der Waals surface area contributed by atoms with Gasteiger partial charge in [0.2, 0.25) is 5.91 Å². The van der Waals surface area contributed by atoms with Crippen LogP contribution in [0.15, 0.2) is 0 Å². The number of ether oxygens (including phenoxy) is 1. The molecule has 0 aliphatic heterocycles. The van der Waals surface area contributed by atoms with E-state index in [1.807, 2.05) is 13.8 Å². The van der Waals surface area contributed by atoms with E-state index in [2.05, 4.69) is 10.1 Å². The molecule has 82 valence electrons. The fourth-order valence-corrected chi connectivity index (χ4v) is 1.06.